The lowest BCUT2D eigenvalue weighted by Crippen LogP contribution is -2.37. The Bertz CT molecular complexity index is 378. The Kier molecular flexibility index (Phi) is 4.19. The van der Waals surface area contributed by atoms with Gasteiger partial charge in [-0.15, -0.1) is 0 Å². The summed E-state index contributed by atoms with van der Waals surface area (Å²) in [4.78, 5) is 11.6. The second-order valence-corrected chi connectivity index (χ2v) is 4.85. The highest BCUT2D eigenvalue weighted by Crippen LogP contribution is 2.26. The number of nitrogens with zero attached hydrogens (tertiary/aromatic N) is 1. The molecule has 0 aliphatic carbocycles. The molecule has 1 fully saturated rings. The highest BCUT2D eigenvalue weighted by molar-refractivity contribution is 5.87. The summed E-state index contributed by atoms with van der Waals surface area (Å²) in [7, 11) is 0. The summed E-state index contributed by atoms with van der Waals surface area (Å²) in [6.07, 6.45) is 2.64. The molecule has 0 radical (unpaired) electrons. The van der Waals surface area contributed by atoms with Crippen LogP contribution in [0.15, 0.2) is 16.9 Å². The van der Waals surface area contributed by atoms with Crippen molar-refractivity contribution in [1.29, 1.82) is 0 Å². The molecular formula is C12H19N3O3. The molecule has 1 aliphatic heterocycles. The van der Waals surface area contributed by atoms with E-state index in [1.54, 1.807) is 6.07 Å². The first-order chi connectivity index (χ1) is 8.66. The van der Waals surface area contributed by atoms with E-state index < -0.39 is 0 Å². The SMILES string of the molecule is CC(C)[C@H]1OCC[C@@H]1CNC(=O)Nc1ccon1. The predicted molar refractivity (Wildman–Crippen MR) is 66.2 cm³/mol. The van der Waals surface area contributed by atoms with E-state index in [9.17, 15) is 4.79 Å². The van der Waals surface area contributed by atoms with Gasteiger partial charge in [0, 0.05) is 25.1 Å². The Balaban J connectivity index is 1.75. The highest BCUT2D eigenvalue weighted by atomic mass is 16.5. The van der Waals surface area contributed by atoms with E-state index >= 15 is 0 Å². The number of hydrogen-bond acceptors (Lipinski definition) is 4. The van der Waals surface area contributed by atoms with Gasteiger partial charge in [-0.25, -0.2) is 4.79 Å². The van der Waals surface area contributed by atoms with E-state index in [0.717, 1.165) is 13.0 Å². The number of hydrogen-bond donors (Lipinski definition) is 2. The van der Waals surface area contributed by atoms with Crippen molar-refractivity contribution in [3.05, 3.63) is 12.3 Å². The smallest absolute Gasteiger partial charge is 0.320 e. The zero-order valence-electron chi connectivity index (χ0n) is 10.7. The van der Waals surface area contributed by atoms with Crippen molar-refractivity contribution in [3.63, 3.8) is 0 Å². The summed E-state index contributed by atoms with van der Waals surface area (Å²) < 4.78 is 10.3. The van der Waals surface area contributed by atoms with E-state index in [4.69, 9.17) is 4.74 Å². The van der Waals surface area contributed by atoms with Gasteiger partial charge in [-0.2, -0.15) is 0 Å². The monoisotopic (exact) mass is 253 g/mol. The number of amides is 2. The summed E-state index contributed by atoms with van der Waals surface area (Å²) in [6.45, 7) is 5.67. The van der Waals surface area contributed by atoms with Crippen LogP contribution in [0.25, 0.3) is 0 Å². The van der Waals surface area contributed by atoms with Gasteiger partial charge in [0.2, 0.25) is 0 Å². The predicted octanol–water partition coefficient (Wildman–Crippen LogP) is 1.86. The zero-order valence-corrected chi connectivity index (χ0v) is 10.7. The Morgan fingerprint density at radius 2 is 2.44 bits per heavy atom. The van der Waals surface area contributed by atoms with Crippen molar-refractivity contribution in [3.8, 4) is 0 Å². The van der Waals surface area contributed by atoms with Crippen LogP contribution in [-0.4, -0.2) is 30.4 Å². The minimum atomic E-state index is -0.265. The lowest BCUT2D eigenvalue weighted by atomic mass is 9.93. The lowest BCUT2D eigenvalue weighted by molar-refractivity contribution is 0.0546. The van der Waals surface area contributed by atoms with Crippen molar-refractivity contribution < 1.29 is 14.1 Å². The highest BCUT2D eigenvalue weighted by Gasteiger charge is 2.30. The van der Waals surface area contributed by atoms with E-state index in [-0.39, 0.29) is 12.1 Å². The van der Waals surface area contributed by atoms with Crippen molar-refractivity contribution in [2.45, 2.75) is 26.4 Å². The van der Waals surface area contributed by atoms with Crippen LogP contribution in [0.1, 0.15) is 20.3 Å². The average Bonchev–Trinajstić information content (AvgIpc) is 2.96. The van der Waals surface area contributed by atoms with Gasteiger partial charge in [0.25, 0.3) is 0 Å². The number of carbonyl (C=O) groups excluding carboxylic acids is 1. The third-order valence-corrected chi connectivity index (χ3v) is 3.12. The number of anilines is 1. The molecule has 2 heterocycles. The third-order valence-electron chi connectivity index (χ3n) is 3.12. The van der Waals surface area contributed by atoms with Crippen LogP contribution in [0.5, 0.6) is 0 Å². The maximum absolute atomic E-state index is 11.6. The van der Waals surface area contributed by atoms with Crippen LogP contribution in [0, 0.1) is 11.8 Å². The second kappa shape index (κ2) is 5.86. The van der Waals surface area contributed by atoms with Crippen LogP contribution >= 0.6 is 0 Å². The topological polar surface area (TPSA) is 76.4 Å². The van der Waals surface area contributed by atoms with Gasteiger partial charge < -0.3 is 14.6 Å². The fraction of sp³-hybridized carbons (Fsp3) is 0.667. The lowest BCUT2D eigenvalue weighted by Gasteiger charge is -2.22. The molecule has 0 bridgehead atoms. The van der Waals surface area contributed by atoms with E-state index in [0.29, 0.717) is 24.2 Å². The van der Waals surface area contributed by atoms with Crippen molar-refractivity contribution in [1.82, 2.24) is 10.5 Å². The number of urea groups is 1. The number of nitrogens with one attached hydrogen (secondary N) is 2. The third kappa shape index (κ3) is 3.22. The number of aromatic nitrogens is 1. The molecule has 18 heavy (non-hydrogen) atoms. The van der Waals surface area contributed by atoms with Crippen LogP contribution in [0.4, 0.5) is 10.6 Å². The summed E-state index contributed by atoms with van der Waals surface area (Å²) >= 11 is 0. The maximum atomic E-state index is 11.6. The van der Waals surface area contributed by atoms with Crippen LogP contribution in [0.3, 0.4) is 0 Å². The van der Waals surface area contributed by atoms with Crippen LogP contribution in [0.2, 0.25) is 0 Å². The van der Waals surface area contributed by atoms with Crippen molar-refractivity contribution in [2.24, 2.45) is 11.8 Å². The molecule has 6 heteroatoms. The molecule has 1 aromatic heterocycles. The molecule has 2 N–H and O–H groups in total. The molecule has 2 rings (SSSR count). The summed E-state index contributed by atoms with van der Waals surface area (Å²) in [6, 6.07) is 1.33. The van der Waals surface area contributed by atoms with E-state index in [2.05, 4.69) is 34.2 Å². The Labute approximate surface area is 106 Å². The molecule has 6 nitrogen and oxygen atoms in total. The summed E-state index contributed by atoms with van der Waals surface area (Å²) in [5.41, 5.74) is 0. The van der Waals surface area contributed by atoms with Crippen molar-refractivity contribution in [2.75, 3.05) is 18.5 Å². The van der Waals surface area contributed by atoms with Gasteiger partial charge in [-0.05, 0) is 12.3 Å². The first-order valence-electron chi connectivity index (χ1n) is 6.23. The quantitative estimate of drug-likeness (QED) is 0.858. The molecule has 1 saturated heterocycles. The normalized spacial score (nSPS) is 23.3. The molecular weight excluding hydrogens is 234 g/mol. The molecule has 2 amide bonds. The van der Waals surface area contributed by atoms with Gasteiger partial charge >= 0.3 is 6.03 Å². The van der Waals surface area contributed by atoms with Crippen LogP contribution < -0.4 is 10.6 Å². The van der Waals surface area contributed by atoms with E-state index in [1.165, 1.54) is 6.26 Å². The molecule has 0 spiro atoms. The fourth-order valence-electron chi connectivity index (χ4n) is 2.27. The standard InChI is InChI=1S/C12H19N3O3/c1-8(2)11-9(3-5-17-11)7-13-12(16)14-10-4-6-18-15-10/h4,6,8-9,11H,3,5,7H2,1-2H3,(H2,13,14,15,16)/t9-,11-/m1/s1. The Morgan fingerprint density at radius 3 is 3.11 bits per heavy atom. The Morgan fingerprint density at radius 1 is 1.61 bits per heavy atom. The largest absolute Gasteiger partial charge is 0.378 e. The number of carbonyl (C=O) groups is 1. The van der Waals surface area contributed by atoms with Crippen LogP contribution in [-0.2, 0) is 4.74 Å². The average molecular weight is 253 g/mol. The van der Waals surface area contributed by atoms with Gasteiger partial charge in [-0.1, -0.05) is 19.0 Å². The minimum absolute atomic E-state index is 0.234. The molecule has 0 aromatic carbocycles. The maximum Gasteiger partial charge on any atom is 0.320 e. The molecule has 1 aromatic rings. The fourth-order valence-corrected chi connectivity index (χ4v) is 2.27. The molecule has 0 saturated carbocycles. The molecule has 2 atom stereocenters. The first-order valence-corrected chi connectivity index (χ1v) is 6.23. The number of ether oxygens (including phenoxy) is 1. The van der Waals surface area contributed by atoms with Gasteiger partial charge in [0.15, 0.2) is 5.82 Å². The summed E-state index contributed by atoms with van der Waals surface area (Å²) in [5, 5.41) is 9.04. The van der Waals surface area contributed by atoms with Crippen molar-refractivity contribution >= 4 is 11.8 Å². The van der Waals surface area contributed by atoms with Gasteiger partial charge in [0.1, 0.15) is 6.26 Å². The zero-order chi connectivity index (χ0) is 13.0. The second-order valence-electron chi connectivity index (χ2n) is 4.85. The van der Waals surface area contributed by atoms with Gasteiger partial charge in [0.05, 0.1) is 6.10 Å². The summed E-state index contributed by atoms with van der Waals surface area (Å²) in [5.74, 6) is 1.27. The molecule has 100 valence electrons. The molecule has 0 unspecified atom stereocenters. The molecule has 1 aliphatic rings. The van der Waals surface area contributed by atoms with E-state index in [1.807, 2.05) is 0 Å². The van der Waals surface area contributed by atoms with Gasteiger partial charge in [-0.3, -0.25) is 5.32 Å². The first kappa shape index (κ1) is 12.9. The Hall–Kier alpha value is -1.56. The number of rotatable bonds is 4. The minimum Gasteiger partial charge on any atom is -0.378 e.